The molecule has 18 heavy (non-hydrogen) atoms. The summed E-state index contributed by atoms with van der Waals surface area (Å²) in [6.45, 7) is 3.81. The van der Waals surface area contributed by atoms with Crippen LogP contribution in [0.15, 0.2) is 0 Å². The molecule has 0 spiro atoms. The van der Waals surface area contributed by atoms with E-state index in [0.29, 0.717) is 6.42 Å². The van der Waals surface area contributed by atoms with E-state index in [1.54, 1.807) is 0 Å². The number of hydrogen-bond acceptors (Lipinski definition) is 3. The minimum Gasteiger partial charge on any atom is -0.481 e. The van der Waals surface area contributed by atoms with E-state index < -0.39 is 5.97 Å². The van der Waals surface area contributed by atoms with Gasteiger partial charge >= 0.3 is 12.0 Å². The number of aliphatic carboxylic acids is 1. The molecule has 1 fully saturated rings. The van der Waals surface area contributed by atoms with Gasteiger partial charge in [-0.15, -0.1) is 0 Å². The van der Waals surface area contributed by atoms with Crippen LogP contribution in [0.2, 0.25) is 0 Å². The standard InChI is InChI=1S/C12H23N3O3/c1-3-4-9(7-11(16)17)13-12(18)14-10-5-6-15(2)8-10/h9-10H,3-8H2,1-2H3,(H,16,17)(H2,13,14,18). The van der Waals surface area contributed by atoms with Crippen molar-refractivity contribution >= 4 is 12.0 Å². The lowest BCUT2D eigenvalue weighted by atomic mass is 10.1. The summed E-state index contributed by atoms with van der Waals surface area (Å²) in [4.78, 5) is 24.6. The molecular formula is C12H23N3O3. The SMILES string of the molecule is CCCC(CC(=O)O)NC(=O)NC1CCN(C)C1. The second kappa shape index (κ2) is 7.20. The van der Waals surface area contributed by atoms with Gasteiger partial charge in [0.15, 0.2) is 0 Å². The molecule has 0 radical (unpaired) electrons. The van der Waals surface area contributed by atoms with Gasteiger partial charge in [-0.2, -0.15) is 0 Å². The van der Waals surface area contributed by atoms with E-state index in [1.807, 2.05) is 14.0 Å². The van der Waals surface area contributed by atoms with Crippen LogP contribution in [0.4, 0.5) is 4.79 Å². The van der Waals surface area contributed by atoms with Gasteiger partial charge < -0.3 is 20.6 Å². The Bertz CT molecular complexity index is 296. The number of hydrogen-bond donors (Lipinski definition) is 3. The predicted octanol–water partition coefficient (Wildman–Crippen LogP) is 0.633. The fourth-order valence-corrected chi connectivity index (χ4v) is 2.25. The van der Waals surface area contributed by atoms with Crippen LogP contribution in [0, 0.1) is 0 Å². The number of rotatable bonds is 6. The minimum absolute atomic E-state index is 0.0220. The lowest BCUT2D eigenvalue weighted by Crippen LogP contribution is -2.47. The molecule has 104 valence electrons. The van der Waals surface area contributed by atoms with Crippen LogP contribution in [0.25, 0.3) is 0 Å². The quantitative estimate of drug-likeness (QED) is 0.652. The molecule has 0 aliphatic carbocycles. The highest BCUT2D eigenvalue weighted by molar-refractivity contribution is 5.76. The summed E-state index contributed by atoms with van der Waals surface area (Å²) in [5.41, 5.74) is 0. The molecule has 2 atom stereocenters. The first-order valence-corrected chi connectivity index (χ1v) is 6.48. The summed E-state index contributed by atoms with van der Waals surface area (Å²) < 4.78 is 0. The molecule has 3 N–H and O–H groups in total. The molecule has 0 aromatic heterocycles. The summed E-state index contributed by atoms with van der Waals surface area (Å²) in [6.07, 6.45) is 2.46. The first kappa shape index (κ1) is 14.8. The Labute approximate surface area is 108 Å². The van der Waals surface area contributed by atoms with E-state index in [-0.39, 0.29) is 24.5 Å². The van der Waals surface area contributed by atoms with E-state index in [2.05, 4.69) is 15.5 Å². The summed E-state index contributed by atoms with van der Waals surface area (Å²) in [5.74, 6) is -0.880. The number of likely N-dealkylation sites (tertiary alicyclic amines) is 1. The average Bonchev–Trinajstić information content (AvgIpc) is 2.62. The van der Waals surface area contributed by atoms with Gasteiger partial charge in [-0.25, -0.2) is 4.79 Å². The molecule has 0 aromatic rings. The first-order chi connectivity index (χ1) is 8.51. The molecular weight excluding hydrogens is 234 g/mol. The van der Waals surface area contributed by atoms with Crippen LogP contribution in [-0.2, 0) is 4.79 Å². The number of amides is 2. The van der Waals surface area contributed by atoms with Crippen molar-refractivity contribution in [2.75, 3.05) is 20.1 Å². The van der Waals surface area contributed by atoms with Crippen LogP contribution in [-0.4, -0.2) is 54.2 Å². The number of nitrogens with zero attached hydrogens (tertiary/aromatic N) is 1. The highest BCUT2D eigenvalue weighted by Crippen LogP contribution is 2.06. The van der Waals surface area contributed by atoms with Crippen LogP contribution in [0.1, 0.15) is 32.6 Å². The maximum atomic E-state index is 11.7. The van der Waals surface area contributed by atoms with Crippen molar-refractivity contribution < 1.29 is 14.7 Å². The normalized spacial score (nSPS) is 21.6. The monoisotopic (exact) mass is 257 g/mol. The average molecular weight is 257 g/mol. The van der Waals surface area contributed by atoms with Crippen molar-refractivity contribution in [3.63, 3.8) is 0 Å². The zero-order valence-corrected chi connectivity index (χ0v) is 11.1. The van der Waals surface area contributed by atoms with Crippen LogP contribution < -0.4 is 10.6 Å². The van der Waals surface area contributed by atoms with E-state index >= 15 is 0 Å². The van der Waals surface area contributed by atoms with Gasteiger partial charge in [0.1, 0.15) is 0 Å². The lowest BCUT2D eigenvalue weighted by molar-refractivity contribution is -0.137. The minimum atomic E-state index is -0.880. The third-order valence-electron chi connectivity index (χ3n) is 3.12. The van der Waals surface area contributed by atoms with E-state index in [9.17, 15) is 9.59 Å². The zero-order valence-electron chi connectivity index (χ0n) is 11.1. The summed E-state index contributed by atoms with van der Waals surface area (Å²) in [6, 6.07) is -0.372. The van der Waals surface area contributed by atoms with Gasteiger partial charge in [-0.05, 0) is 26.4 Å². The van der Waals surface area contributed by atoms with Crippen LogP contribution >= 0.6 is 0 Å². The summed E-state index contributed by atoms with van der Waals surface area (Å²) in [7, 11) is 2.02. The fourth-order valence-electron chi connectivity index (χ4n) is 2.25. The Morgan fingerprint density at radius 3 is 2.72 bits per heavy atom. The Morgan fingerprint density at radius 2 is 2.22 bits per heavy atom. The summed E-state index contributed by atoms with van der Waals surface area (Å²) in [5, 5.41) is 14.4. The second-order valence-electron chi connectivity index (χ2n) is 4.95. The van der Waals surface area contributed by atoms with Crippen molar-refractivity contribution in [3.05, 3.63) is 0 Å². The first-order valence-electron chi connectivity index (χ1n) is 6.48. The third-order valence-corrected chi connectivity index (χ3v) is 3.12. The second-order valence-corrected chi connectivity index (χ2v) is 4.95. The molecule has 0 bridgehead atoms. The molecule has 1 heterocycles. The van der Waals surface area contributed by atoms with Crippen LogP contribution in [0.3, 0.4) is 0 Å². The molecule has 2 amide bonds. The number of urea groups is 1. The fraction of sp³-hybridized carbons (Fsp3) is 0.833. The highest BCUT2D eigenvalue weighted by Gasteiger charge is 2.22. The number of carbonyl (C=O) groups is 2. The van der Waals surface area contributed by atoms with Gasteiger partial charge in [0.05, 0.1) is 6.42 Å². The topological polar surface area (TPSA) is 81.7 Å². The highest BCUT2D eigenvalue weighted by atomic mass is 16.4. The number of carbonyl (C=O) groups excluding carboxylic acids is 1. The van der Waals surface area contributed by atoms with Crippen molar-refractivity contribution in [1.29, 1.82) is 0 Å². The molecule has 6 heteroatoms. The van der Waals surface area contributed by atoms with E-state index in [0.717, 1.165) is 25.9 Å². The predicted molar refractivity (Wildman–Crippen MR) is 68.5 cm³/mol. The van der Waals surface area contributed by atoms with Crippen LogP contribution in [0.5, 0.6) is 0 Å². The Hall–Kier alpha value is -1.30. The number of likely N-dealkylation sites (N-methyl/N-ethyl adjacent to an activating group) is 1. The molecule has 2 unspecified atom stereocenters. The number of carboxylic acids is 1. The molecule has 6 nitrogen and oxygen atoms in total. The Morgan fingerprint density at radius 1 is 1.50 bits per heavy atom. The molecule has 1 aliphatic heterocycles. The third kappa shape index (κ3) is 5.35. The zero-order chi connectivity index (χ0) is 13.5. The molecule has 1 rings (SSSR count). The summed E-state index contributed by atoms with van der Waals surface area (Å²) >= 11 is 0. The van der Waals surface area contributed by atoms with Crippen molar-refractivity contribution in [2.24, 2.45) is 0 Å². The molecule has 1 saturated heterocycles. The molecule has 1 aliphatic rings. The van der Waals surface area contributed by atoms with E-state index in [1.165, 1.54) is 0 Å². The van der Waals surface area contributed by atoms with Crippen molar-refractivity contribution in [1.82, 2.24) is 15.5 Å². The Kier molecular flexibility index (Phi) is 5.91. The molecule has 0 aromatic carbocycles. The maximum absolute atomic E-state index is 11.7. The van der Waals surface area contributed by atoms with Gasteiger partial charge in [-0.3, -0.25) is 4.79 Å². The van der Waals surface area contributed by atoms with Crippen molar-refractivity contribution in [3.8, 4) is 0 Å². The van der Waals surface area contributed by atoms with Gasteiger partial charge in [0.2, 0.25) is 0 Å². The largest absolute Gasteiger partial charge is 0.481 e. The lowest BCUT2D eigenvalue weighted by Gasteiger charge is -2.19. The smallest absolute Gasteiger partial charge is 0.315 e. The maximum Gasteiger partial charge on any atom is 0.315 e. The van der Waals surface area contributed by atoms with E-state index in [4.69, 9.17) is 5.11 Å². The van der Waals surface area contributed by atoms with Gasteiger partial charge in [0.25, 0.3) is 0 Å². The Balaban J connectivity index is 2.33. The number of carboxylic acid groups (broad SMARTS) is 1. The van der Waals surface area contributed by atoms with Gasteiger partial charge in [-0.1, -0.05) is 13.3 Å². The van der Waals surface area contributed by atoms with Gasteiger partial charge in [0, 0.05) is 18.6 Å². The number of nitrogens with one attached hydrogen (secondary N) is 2. The van der Waals surface area contributed by atoms with Crippen molar-refractivity contribution in [2.45, 2.75) is 44.7 Å². The molecule has 0 saturated carbocycles.